The molecule has 0 N–H and O–H groups in total. The number of hydrogen-bond acceptors (Lipinski definition) is 3. The van der Waals surface area contributed by atoms with E-state index < -0.39 is 0 Å². The molecule has 0 aromatic heterocycles. The molecular formula is C16H25NO2. The fourth-order valence-corrected chi connectivity index (χ4v) is 2.38. The van der Waals surface area contributed by atoms with Gasteiger partial charge in [-0.15, -0.1) is 0 Å². The third-order valence-electron chi connectivity index (χ3n) is 3.58. The van der Waals surface area contributed by atoms with Crippen molar-refractivity contribution in [3.8, 4) is 5.75 Å². The minimum atomic E-state index is 0.821. The Kier molecular flexibility index (Phi) is 6.18. The van der Waals surface area contributed by atoms with Gasteiger partial charge < -0.3 is 9.47 Å². The summed E-state index contributed by atoms with van der Waals surface area (Å²) in [4.78, 5) is 2.48. The van der Waals surface area contributed by atoms with Gasteiger partial charge in [-0.3, -0.25) is 4.90 Å². The molecule has 19 heavy (non-hydrogen) atoms. The zero-order valence-corrected chi connectivity index (χ0v) is 11.9. The molecule has 0 atom stereocenters. The Morgan fingerprint density at radius 2 is 1.95 bits per heavy atom. The van der Waals surface area contributed by atoms with Gasteiger partial charge in [-0.05, 0) is 37.4 Å². The molecule has 3 heteroatoms. The molecule has 1 saturated heterocycles. The van der Waals surface area contributed by atoms with Gasteiger partial charge in [-0.1, -0.05) is 25.1 Å². The second-order valence-electron chi connectivity index (χ2n) is 4.97. The van der Waals surface area contributed by atoms with Crippen LogP contribution < -0.4 is 4.74 Å². The standard InChI is InChI=1S/C16H25NO2/c1-2-15-7-3-4-8-16(15)19-12-6-5-9-17-10-13-18-14-11-17/h3-4,7-8H,2,5-6,9-14H2,1H3. The van der Waals surface area contributed by atoms with Gasteiger partial charge in [0.15, 0.2) is 0 Å². The molecule has 0 radical (unpaired) electrons. The van der Waals surface area contributed by atoms with Gasteiger partial charge in [0.25, 0.3) is 0 Å². The van der Waals surface area contributed by atoms with Crippen LogP contribution in [-0.2, 0) is 11.2 Å². The predicted molar refractivity (Wildman–Crippen MR) is 77.8 cm³/mol. The van der Waals surface area contributed by atoms with Crippen molar-refractivity contribution >= 4 is 0 Å². The number of morpholine rings is 1. The van der Waals surface area contributed by atoms with Crippen LogP contribution in [-0.4, -0.2) is 44.4 Å². The largest absolute Gasteiger partial charge is 0.493 e. The van der Waals surface area contributed by atoms with E-state index in [1.807, 2.05) is 6.07 Å². The van der Waals surface area contributed by atoms with Crippen molar-refractivity contribution in [1.82, 2.24) is 4.90 Å². The van der Waals surface area contributed by atoms with Crippen molar-refractivity contribution in [3.05, 3.63) is 29.8 Å². The van der Waals surface area contributed by atoms with E-state index in [0.29, 0.717) is 0 Å². The molecule has 1 aromatic carbocycles. The van der Waals surface area contributed by atoms with Crippen LogP contribution in [0.5, 0.6) is 5.75 Å². The lowest BCUT2D eigenvalue weighted by Gasteiger charge is -2.26. The maximum atomic E-state index is 5.87. The summed E-state index contributed by atoms with van der Waals surface area (Å²) in [5.41, 5.74) is 1.30. The SMILES string of the molecule is CCc1ccccc1OCCCCN1CCOCC1. The number of benzene rings is 1. The molecule has 0 aliphatic carbocycles. The van der Waals surface area contributed by atoms with Crippen LogP contribution in [0.1, 0.15) is 25.3 Å². The first-order chi connectivity index (χ1) is 9.40. The highest BCUT2D eigenvalue weighted by Crippen LogP contribution is 2.18. The van der Waals surface area contributed by atoms with E-state index >= 15 is 0 Å². The van der Waals surface area contributed by atoms with E-state index in [1.165, 1.54) is 18.5 Å². The van der Waals surface area contributed by atoms with Crippen molar-refractivity contribution in [1.29, 1.82) is 0 Å². The van der Waals surface area contributed by atoms with Crippen LogP contribution in [0.15, 0.2) is 24.3 Å². The minimum Gasteiger partial charge on any atom is -0.493 e. The molecule has 0 saturated carbocycles. The maximum Gasteiger partial charge on any atom is 0.122 e. The second-order valence-corrected chi connectivity index (χ2v) is 4.97. The number of nitrogens with zero attached hydrogens (tertiary/aromatic N) is 1. The van der Waals surface area contributed by atoms with Gasteiger partial charge in [0.05, 0.1) is 19.8 Å². The van der Waals surface area contributed by atoms with E-state index in [4.69, 9.17) is 9.47 Å². The van der Waals surface area contributed by atoms with E-state index in [-0.39, 0.29) is 0 Å². The van der Waals surface area contributed by atoms with Gasteiger partial charge >= 0.3 is 0 Å². The zero-order valence-electron chi connectivity index (χ0n) is 11.9. The molecule has 1 aliphatic rings. The molecule has 1 aromatic rings. The Labute approximate surface area is 116 Å². The summed E-state index contributed by atoms with van der Waals surface area (Å²) >= 11 is 0. The third-order valence-corrected chi connectivity index (χ3v) is 3.58. The van der Waals surface area contributed by atoms with Crippen molar-refractivity contribution in [3.63, 3.8) is 0 Å². The minimum absolute atomic E-state index is 0.821. The van der Waals surface area contributed by atoms with Crippen LogP contribution in [0, 0.1) is 0 Å². The first-order valence-electron chi connectivity index (χ1n) is 7.41. The summed E-state index contributed by atoms with van der Waals surface area (Å²) in [6.07, 6.45) is 3.35. The lowest BCUT2D eigenvalue weighted by atomic mass is 10.1. The maximum absolute atomic E-state index is 5.87. The Hall–Kier alpha value is -1.06. The van der Waals surface area contributed by atoms with Crippen molar-refractivity contribution in [2.75, 3.05) is 39.5 Å². The molecule has 1 fully saturated rings. The Balaban J connectivity index is 1.61. The van der Waals surface area contributed by atoms with Gasteiger partial charge in [-0.25, -0.2) is 0 Å². The van der Waals surface area contributed by atoms with E-state index in [0.717, 1.165) is 51.5 Å². The van der Waals surface area contributed by atoms with Gasteiger partial charge in [0.2, 0.25) is 0 Å². The Bertz CT molecular complexity index is 362. The van der Waals surface area contributed by atoms with E-state index in [1.54, 1.807) is 0 Å². The van der Waals surface area contributed by atoms with Crippen LogP contribution in [0.2, 0.25) is 0 Å². The van der Waals surface area contributed by atoms with Crippen molar-refractivity contribution < 1.29 is 9.47 Å². The lowest BCUT2D eigenvalue weighted by Crippen LogP contribution is -2.36. The summed E-state index contributed by atoms with van der Waals surface area (Å²) < 4.78 is 11.2. The van der Waals surface area contributed by atoms with Gasteiger partial charge in [0, 0.05) is 13.1 Å². The normalized spacial score (nSPS) is 16.5. The van der Waals surface area contributed by atoms with Crippen LogP contribution in [0.25, 0.3) is 0 Å². The molecule has 2 rings (SSSR count). The Morgan fingerprint density at radius 3 is 2.74 bits per heavy atom. The fourth-order valence-electron chi connectivity index (χ4n) is 2.38. The summed E-state index contributed by atoms with van der Waals surface area (Å²) in [5, 5.41) is 0. The molecular weight excluding hydrogens is 238 g/mol. The third kappa shape index (κ3) is 4.84. The number of ether oxygens (including phenoxy) is 2. The number of para-hydroxylation sites is 1. The first kappa shape index (κ1) is 14.4. The summed E-state index contributed by atoms with van der Waals surface area (Å²) in [6.45, 7) is 8.10. The molecule has 1 heterocycles. The fraction of sp³-hybridized carbons (Fsp3) is 0.625. The average Bonchev–Trinajstić information content (AvgIpc) is 2.48. The first-order valence-corrected chi connectivity index (χ1v) is 7.41. The molecule has 0 unspecified atom stereocenters. The molecule has 3 nitrogen and oxygen atoms in total. The second kappa shape index (κ2) is 8.18. The number of unbranched alkanes of at least 4 members (excludes halogenated alkanes) is 1. The van der Waals surface area contributed by atoms with Crippen LogP contribution in [0.3, 0.4) is 0 Å². The molecule has 106 valence electrons. The summed E-state index contributed by atoms with van der Waals surface area (Å²) in [6, 6.07) is 8.33. The topological polar surface area (TPSA) is 21.7 Å². The highest BCUT2D eigenvalue weighted by molar-refractivity contribution is 5.33. The molecule has 1 aliphatic heterocycles. The monoisotopic (exact) mass is 263 g/mol. The summed E-state index contributed by atoms with van der Waals surface area (Å²) in [7, 11) is 0. The smallest absolute Gasteiger partial charge is 0.122 e. The van der Waals surface area contributed by atoms with Crippen LogP contribution in [0.4, 0.5) is 0 Å². The highest BCUT2D eigenvalue weighted by atomic mass is 16.5. The quantitative estimate of drug-likeness (QED) is 0.706. The lowest BCUT2D eigenvalue weighted by molar-refractivity contribution is 0.0368. The number of hydrogen-bond donors (Lipinski definition) is 0. The molecule has 0 spiro atoms. The predicted octanol–water partition coefficient (Wildman–Crippen LogP) is 2.74. The Morgan fingerprint density at radius 1 is 1.16 bits per heavy atom. The van der Waals surface area contributed by atoms with Gasteiger partial charge in [0.1, 0.15) is 5.75 Å². The van der Waals surface area contributed by atoms with Crippen molar-refractivity contribution in [2.24, 2.45) is 0 Å². The van der Waals surface area contributed by atoms with E-state index in [9.17, 15) is 0 Å². The van der Waals surface area contributed by atoms with Crippen molar-refractivity contribution in [2.45, 2.75) is 26.2 Å². The molecule has 0 bridgehead atoms. The van der Waals surface area contributed by atoms with Crippen LogP contribution >= 0.6 is 0 Å². The highest BCUT2D eigenvalue weighted by Gasteiger charge is 2.09. The van der Waals surface area contributed by atoms with Gasteiger partial charge in [-0.2, -0.15) is 0 Å². The number of rotatable bonds is 7. The summed E-state index contributed by atoms with van der Waals surface area (Å²) in [5.74, 6) is 1.05. The van der Waals surface area contributed by atoms with E-state index in [2.05, 4.69) is 30.0 Å². The average molecular weight is 263 g/mol. The number of aryl methyl sites for hydroxylation is 1. The molecule has 0 amide bonds. The zero-order chi connectivity index (χ0) is 13.3.